The number of aryl methyl sites for hydroxylation is 2. The van der Waals surface area contributed by atoms with E-state index in [1.807, 2.05) is 38.1 Å². The first kappa shape index (κ1) is 25.7. The molecule has 1 amide bonds. The van der Waals surface area contributed by atoms with Gasteiger partial charge in [-0.05, 0) is 44.4 Å². The first-order chi connectivity index (χ1) is 17.2. The minimum absolute atomic E-state index is 0.0879. The quantitative estimate of drug-likeness (QED) is 0.491. The molecule has 2 N–H and O–H groups in total. The number of ether oxygens (including phenoxy) is 1. The first-order valence-corrected chi connectivity index (χ1v) is 12.6. The highest BCUT2D eigenvalue weighted by molar-refractivity contribution is 5.94. The number of methoxy groups -OCH3 is 1. The SMILES string of the molecule is COc1ccc(CN2CCc3nnc(C(CC(C)C)NC(=O)c4cc(C)cc(C)c4)n3CC2)c(O)c1. The molecule has 2 heterocycles. The van der Waals surface area contributed by atoms with Gasteiger partial charge in [-0.1, -0.05) is 37.1 Å². The number of hydrogen-bond donors (Lipinski definition) is 2. The summed E-state index contributed by atoms with van der Waals surface area (Å²) in [5, 5.41) is 22.7. The maximum absolute atomic E-state index is 13.2. The first-order valence-electron chi connectivity index (χ1n) is 12.6. The minimum atomic E-state index is -0.225. The second-order valence-electron chi connectivity index (χ2n) is 10.2. The van der Waals surface area contributed by atoms with Crippen molar-refractivity contribution in [3.8, 4) is 11.5 Å². The molecule has 4 rings (SSSR count). The third-order valence-corrected chi connectivity index (χ3v) is 6.64. The van der Waals surface area contributed by atoms with Crippen LogP contribution in [0.1, 0.15) is 65.0 Å². The Morgan fingerprint density at radius 1 is 1.08 bits per heavy atom. The fraction of sp³-hybridized carbons (Fsp3) is 0.464. The zero-order valence-electron chi connectivity index (χ0n) is 21.9. The van der Waals surface area contributed by atoms with Crippen LogP contribution in [0.4, 0.5) is 0 Å². The van der Waals surface area contributed by atoms with Crippen LogP contribution in [0.15, 0.2) is 36.4 Å². The van der Waals surface area contributed by atoms with Gasteiger partial charge in [0.2, 0.25) is 0 Å². The van der Waals surface area contributed by atoms with Gasteiger partial charge in [0.15, 0.2) is 5.82 Å². The van der Waals surface area contributed by atoms with Crippen LogP contribution in [0.25, 0.3) is 0 Å². The maximum atomic E-state index is 13.2. The Hall–Kier alpha value is -3.39. The van der Waals surface area contributed by atoms with Crippen LogP contribution < -0.4 is 10.1 Å². The van der Waals surface area contributed by atoms with E-state index in [9.17, 15) is 9.90 Å². The van der Waals surface area contributed by atoms with E-state index < -0.39 is 0 Å². The van der Waals surface area contributed by atoms with E-state index in [2.05, 4.69) is 44.9 Å². The van der Waals surface area contributed by atoms with E-state index in [0.717, 1.165) is 60.8 Å². The van der Waals surface area contributed by atoms with Crippen molar-refractivity contribution in [3.05, 3.63) is 70.3 Å². The van der Waals surface area contributed by atoms with Gasteiger partial charge in [0.1, 0.15) is 17.3 Å². The molecule has 36 heavy (non-hydrogen) atoms. The second-order valence-corrected chi connectivity index (χ2v) is 10.2. The molecule has 1 aliphatic heterocycles. The highest BCUT2D eigenvalue weighted by atomic mass is 16.5. The minimum Gasteiger partial charge on any atom is -0.507 e. The molecule has 192 valence electrons. The Morgan fingerprint density at radius 2 is 1.83 bits per heavy atom. The van der Waals surface area contributed by atoms with Crippen LogP contribution in [-0.2, 0) is 19.5 Å². The van der Waals surface area contributed by atoms with Gasteiger partial charge in [0, 0.05) is 49.8 Å². The summed E-state index contributed by atoms with van der Waals surface area (Å²) in [4.78, 5) is 15.5. The molecule has 0 bridgehead atoms. The summed E-state index contributed by atoms with van der Waals surface area (Å²) in [5.41, 5.74) is 3.68. The van der Waals surface area contributed by atoms with Gasteiger partial charge >= 0.3 is 0 Å². The van der Waals surface area contributed by atoms with Crippen LogP contribution in [-0.4, -0.2) is 50.9 Å². The molecule has 0 saturated carbocycles. The normalized spacial score (nSPS) is 14.8. The summed E-state index contributed by atoms with van der Waals surface area (Å²) in [5.74, 6) is 2.91. The Morgan fingerprint density at radius 3 is 2.50 bits per heavy atom. The van der Waals surface area contributed by atoms with Gasteiger partial charge in [-0.2, -0.15) is 0 Å². The van der Waals surface area contributed by atoms with Crippen LogP contribution in [0, 0.1) is 19.8 Å². The number of aromatic hydroxyl groups is 1. The number of aromatic nitrogens is 3. The summed E-state index contributed by atoms with van der Waals surface area (Å²) in [6, 6.07) is 11.1. The van der Waals surface area contributed by atoms with E-state index in [0.29, 0.717) is 23.8 Å². The molecule has 2 aromatic carbocycles. The summed E-state index contributed by atoms with van der Waals surface area (Å²) in [6.07, 6.45) is 1.53. The van der Waals surface area contributed by atoms with Crippen LogP contribution >= 0.6 is 0 Å². The number of phenols is 1. The highest BCUT2D eigenvalue weighted by Gasteiger charge is 2.26. The largest absolute Gasteiger partial charge is 0.507 e. The fourth-order valence-electron chi connectivity index (χ4n) is 4.90. The summed E-state index contributed by atoms with van der Waals surface area (Å²) in [6.45, 7) is 11.3. The van der Waals surface area contributed by atoms with E-state index >= 15 is 0 Å². The Bertz CT molecular complexity index is 1200. The maximum Gasteiger partial charge on any atom is 0.251 e. The van der Waals surface area contributed by atoms with Crippen molar-refractivity contribution in [2.45, 2.75) is 59.7 Å². The Kier molecular flexibility index (Phi) is 7.94. The van der Waals surface area contributed by atoms with E-state index in [1.54, 1.807) is 13.2 Å². The fourth-order valence-corrected chi connectivity index (χ4v) is 4.90. The number of amides is 1. The van der Waals surface area contributed by atoms with Crippen molar-refractivity contribution in [1.82, 2.24) is 25.0 Å². The van der Waals surface area contributed by atoms with Gasteiger partial charge in [-0.3, -0.25) is 9.69 Å². The van der Waals surface area contributed by atoms with Gasteiger partial charge < -0.3 is 19.7 Å². The van der Waals surface area contributed by atoms with Crippen molar-refractivity contribution in [1.29, 1.82) is 0 Å². The highest BCUT2D eigenvalue weighted by Crippen LogP contribution is 2.26. The second kappa shape index (κ2) is 11.1. The number of carbonyl (C=O) groups is 1. The molecule has 0 fully saturated rings. The van der Waals surface area contributed by atoms with Gasteiger partial charge in [0.05, 0.1) is 13.2 Å². The summed E-state index contributed by atoms with van der Waals surface area (Å²) < 4.78 is 7.37. The molecule has 1 atom stereocenters. The zero-order valence-corrected chi connectivity index (χ0v) is 21.9. The lowest BCUT2D eigenvalue weighted by molar-refractivity contribution is 0.0928. The van der Waals surface area contributed by atoms with Gasteiger partial charge in [-0.15, -0.1) is 10.2 Å². The molecule has 0 saturated heterocycles. The third-order valence-electron chi connectivity index (χ3n) is 6.64. The van der Waals surface area contributed by atoms with E-state index in [-0.39, 0.29) is 17.7 Å². The number of rotatable bonds is 8. The number of nitrogens with one attached hydrogen (secondary N) is 1. The molecule has 0 radical (unpaired) electrons. The summed E-state index contributed by atoms with van der Waals surface area (Å²) >= 11 is 0. The van der Waals surface area contributed by atoms with E-state index in [1.165, 1.54) is 0 Å². The lowest BCUT2D eigenvalue weighted by atomic mass is 10.0. The molecular weight excluding hydrogens is 454 g/mol. The molecule has 8 nitrogen and oxygen atoms in total. The molecule has 1 aromatic heterocycles. The predicted molar refractivity (Wildman–Crippen MR) is 139 cm³/mol. The van der Waals surface area contributed by atoms with Crippen molar-refractivity contribution in [2.24, 2.45) is 5.92 Å². The number of nitrogens with zero attached hydrogens (tertiary/aromatic N) is 4. The molecule has 1 aliphatic rings. The Balaban J connectivity index is 1.50. The molecule has 8 heteroatoms. The van der Waals surface area contributed by atoms with Crippen LogP contribution in [0.2, 0.25) is 0 Å². The number of benzene rings is 2. The van der Waals surface area contributed by atoms with Crippen molar-refractivity contribution in [2.75, 3.05) is 20.2 Å². The molecular formula is C28H37N5O3. The number of fused-ring (bicyclic) bond motifs is 1. The lowest BCUT2D eigenvalue weighted by Gasteiger charge is -2.23. The number of phenolic OH excluding ortho intramolecular Hbond substituents is 1. The van der Waals surface area contributed by atoms with Gasteiger partial charge in [-0.25, -0.2) is 0 Å². The topological polar surface area (TPSA) is 92.5 Å². The number of hydrogen-bond acceptors (Lipinski definition) is 6. The lowest BCUT2D eigenvalue weighted by Crippen LogP contribution is -2.32. The standard InChI is InChI=1S/C28H37N5O3/c1-18(2)12-24(29-28(35)22-14-19(3)13-20(4)15-22)27-31-30-26-8-9-32(10-11-33(26)27)17-21-6-7-23(36-5)16-25(21)34/h6-7,13-16,18,24,34H,8-12,17H2,1-5H3,(H,29,35). The predicted octanol–water partition coefficient (Wildman–Crippen LogP) is 4.18. The number of carbonyl (C=O) groups excluding carboxylic acids is 1. The van der Waals surface area contributed by atoms with Crippen LogP contribution in [0.3, 0.4) is 0 Å². The summed E-state index contributed by atoms with van der Waals surface area (Å²) in [7, 11) is 1.59. The third kappa shape index (κ3) is 6.05. The van der Waals surface area contributed by atoms with Gasteiger partial charge in [0.25, 0.3) is 5.91 Å². The van der Waals surface area contributed by atoms with Crippen molar-refractivity contribution in [3.63, 3.8) is 0 Å². The average Bonchev–Trinajstić information content (AvgIpc) is 3.12. The molecule has 0 aliphatic carbocycles. The smallest absolute Gasteiger partial charge is 0.251 e. The molecule has 0 spiro atoms. The molecule has 1 unspecified atom stereocenters. The van der Waals surface area contributed by atoms with Crippen molar-refractivity contribution < 1.29 is 14.6 Å². The Labute approximate surface area is 213 Å². The van der Waals surface area contributed by atoms with Crippen molar-refractivity contribution >= 4 is 5.91 Å². The van der Waals surface area contributed by atoms with Crippen LogP contribution in [0.5, 0.6) is 11.5 Å². The average molecular weight is 492 g/mol. The monoisotopic (exact) mass is 491 g/mol. The molecule has 3 aromatic rings. The zero-order chi connectivity index (χ0) is 25.8. The van der Waals surface area contributed by atoms with E-state index in [4.69, 9.17) is 4.74 Å².